The van der Waals surface area contributed by atoms with Crippen molar-refractivity contribution < 1.29 is 9.26 Å². The summed E-state index contributed by atoms with van der Waals surface area (Å²) in [5.74, 6) is 2.47. The third-order valence-electron chi connectivity index (χ3n) is 4.28. The molecule has 1 unspecified atom stereocenters. The molecule has 4 nitrogen and oxygen atoms in total. The summed E-state index contributed by atoms with van der Waals surface area (Å²) in [6, 6.07) is 8.91. The summed E-state index contributed by atoms with van der Waals surface area (Å²) < 4.78 is 10.7. The zero-order valence-electron chi connectivity index (χ0n) is 13.4. The Morgan fingerprint density at radius 3 is 2.68 bits per heavy atom. The first-order valence-electron chi connectivity index (χ1n) is 8.21. The summed E-state index contributed by atoms with van der Waals surface area (Å²) in [7, 11) is 0. The molecule has 0 spiro atoms. The smallest absolute Gasteiger partial charge is 0.226 e. The van der Waals surface area contributed by atoms with Crippen LogP contribution in [0.5, 0.6) is 0 Å². The molecule has 1 aliphatic rings. The maximum absolute atomic E-state index is 5.36. The van der Waals surface area contributed by atoms with Gasteiger partial charge < -0.3 is 9.26 Å². The first kappa shape index (κ1) is 15.2. The van der Waals surface area contributed by atoms with E-state index in [-0.39, 0.29) is 0 Å². The van der Waals surface area contributed by atoms with E-state index in [1.165, 1.54) is 11.1 Å². The van der Waals surface area contributed by atoms with Gasteiger partial charge in [-0.1, -0.05) is 43.3 Å². The Morgan fingerprint density at radius 2 is 2.00 bits per heavy atom. The number of rotatable bonds is 6. The lowest BCUT2D eigenvalue weighted by molar-refractivity contribution is 0.192. The van der Waals surface area contributed by atoms with Gasteiger partial charge in [0.1, 0.15) is 0 Å². The minimum atomic E-state index is 0.320. The largest absolute Gasteiger partial charge is 0.381 e. The van der Waals surface area contributed by atoms with Crippen LogP contribution >= 0.6 is 0 Å². The molecule has 118 valence electrons. The predicted molar refractivity (Wildman–Crippen MR) is 85.0 cm³/mol. The number of hydrogen-bond acceptors (Lipinski definition) is 4. The average Bonchev–Trinajstić information content (AvgIpc) is 3.19. The zero-order valence-corrected chi connectivity index (χ0v) is 13.4. The number of benzene rings is 1. The van der Waals surface area contributed by atoms with Crippen molar-refractivity contribution >= 4 is 0 Å². The lowest BCUT2D eigenvalue weighted by atomic mass is 10.00. The maximum Gasteiger partial charge on any atom is 0.226 e. The summed E-state index contributed by atoms with van der Waals surface area (Å²) in [4.78, 5) is 4.50. The van der Waals surface area contributed by atoms with Crippen molar-refractivity contribution in [3.63, 3.8) is 0 Å². The first-order valence-corrected chi connectivity index (χ1v) is 8.21. The van der Waals surface area contributed by atoms with Crippen molar-refractivity contribution in [3.05, 3.63) is 47.1 Å². The van der Waals surface area contributed by atoms with E-state index in [1.54, 1.807) is 0 Å². The molecule has 1 aromatic heterocycles. The molecule has 1 saturated heterocycles. The lowest BCUT2D eigenvalue weighted by Gasteiger charge is -2.06. The van der Waals surface area contributed by atoms with Gasteiger partial charge in [-0.05, 0) is 36.3 Å². The van der Waals surface area contributed by atoms with Crippen LogP contribution in [0.2, 0.25) is 0 Å². The molecule has 1 aliphatic heterocycles. The second kappa shape index (κ2) is 7.05. The zero-order chi connectivity index (χ0) is 15.4. The SMILES string of the molecule is CC(C)c1ccc(CCCc2nc(C3CCOC3)no2)cc1. The van der Waals surface area contributed by atoms with E-state index < -0.39 is 0 Å². The van der Waals surface area contributed by atoms with Gasteiger partial charge in [0, 0.05) is 18.9 Å². The van der Waals surface area contributed by atoms with Crippen LogP contribution in [0.15, 0.2) is 28.8 Å². The van der Waals surface area contributed by atoms with Crippen LogP contribution in [-0.2, 0) is 17.6 Å². The summed E-state index contributed by atoms with van der Waals surface area (Å²) in [5, 5.41) is 4.09. The standard InChI is InChI=1S/C18H24N2O2/c1-13(2)15-8-6-14(7-9-15)4-3-5-17-19-18(20-22-17)16-10-11-21-12-16/h6-9,13,16H,3-5,10-12H2,1-2H3. The highest BCUT2D eigenvalue weighted by Gasteiger charge is 2.22. The van der Waals surface area contributed by atoms with E-state index >= 15 is 0 Å². The second-order valence-corrected chi connectivity index (χ2v) is 6.36. The minimum absolute atomic E-state index is 0.320. The Balaban J connectivity index is 1.48. The van der Waals surface area contributed by atoms with Gasteiger partial charge in [-0.2, -0.15) is 4.98 Å². The Kier molecular flexibility index (Phi) is 4.88. The number of ether oxygens (including phenoxy) is 1. The summed E-state index contributed by atoms with van der Waals surface area (Å²) in [6.07, 6.45) is 3.92. The molecule has 0 saturated carbocycles. The monoisotopic (exact) mass is 300 g/mol. The van der Waals surface area contributed by atoms with E-state index in [2.05, 4.69) is 48.3 Å². The van der Waals surface area contributed by atoms with Gasteiger partial charge in [0.25, 0.3) is 0 Å². The third kappa shape index (κ3) is 3.74. The van der Waals surface area contributed by atoms with Crippen molar-refractivity contribution in [3.8, 4) is 0 Å². The van der Waals surface area contributed by atoms with E-state index in [1.807, 2.05) is 0 Å². The van der Waals surface area contributed by atoms with E-state index in [9.17, 15) is 0 Å². The number of nitrogens with zero attached hydrogens (tertiary/aromatic N) is 2. The molecule has 2 aromatic rings. The lowest BCUT2D eigenvalue weighted by Crippen LogP contribution is -2.00. The molecular weight excluding hydrogens is 276 g/mol. The first-order chi connectivity index (χ1) is 10.7. The maximum atomic E-state index is 5.36. The highest BCUT2D eigenvalue weighted by Crippen LogP contribution is 2.22. The Labute approximate surface area is 131 Å². The molecule has 0 aliphatic carbocycles. The molecule has 0 radical (unpaired) electrons. The quantitative estimate of drug-likeness (QED) is 0.812. The topological polar surface area (TPSA) is 48.2 Å². The third-order valence-corrected chi connectivity index (χ3v) is 4.28. The van der Waals surface area contributed by atoms with Crippen LogP contribution in [0.3, 0.4) is 0 Å². The summed E-state index contributed by atoms with van der Waals surface area (Å²) in [5.41, 5.74) is 2.76. The number of aryl methyl sites for hydroxylation is 2. The van der Waals surface area contributed by atoms with Crippen LogP contribution < -0.4 is 0 Å². The molecule has 22 heavy (non-hydrogen) atoms. The Morgan fingerprint density at radius 1 is 1.18 bits per heavy atom. The number of aromatic nitrogens is 2. The van der Waals surface area contributed by atoms with Gasteiger partial charge in [0.2, 0.25) is 5.89 Å². The van der Waals surface area contributed by atoms with Gasteiger partial charge in [0.15, 0.2) is 5.82 Å². The highest BCUT2D eigenvalue weighted by molar-refractivity contribution is 5.24. The van der Waals surface area contributed by atoms with Crippen LogP contribution in [0.1, 0.15) is 61.4 Å². The van der Waals surface area contributed by atoms with E-state index in [4.69, 9.17) is 9.26 Å². The van der Waals surface area contributed by atoms with E-state index in [0.717, 1.165) is 50.6 Å². The van der Waals surface area contributed by atoms with Crippen LogP contribution in [0.4, 0.5) is 0 Å². The predicted octanol–water partition coefficient (Wildman–Crippen LogP) is 3.87. The van der Waals surface area contributed by atoms with Gasteiger partial charge in [-0.3, -0.25) is 0 Å². The normalized spacial score (nSPS) is 18.2. The molecule has 0 N–H and O–H groups in total. The van der Waals surface area contributed by atoms with Gasteiger partial charge in [-0.15, -0.1) is 0 Å². The average molecular weight is 300 g/mol. The van der Waals surface area contributed by atoms with Crippen molar-refractivity contribution in [2.75, 3.05) is 13.2 Å². The molecule has 0 amide bonds. The Bertz CT molecular complexity index is 583. The molecule has 0 bridgehead atoms. The van der Waals surface area contributed by atoms with Crippen LogP contribution in [-0.4, -0.2) is 23.4 Å². The fraction of sp³-hybridized carbons (Fsp3) is 0.556. The van der Waals surface area contributed by atoms with Crippen LogP contribution in [0.25, 0.3) is 0 Å². The minimum Gasteiger partial charge on any atom is -0.381 e. The summed E-state index contributed by atoms with van der Waals surface area (Å²) in [6.45, 7) is 5.97. The van der Waals surface area contributed by atoms with Crippen LogP contribution in [0, 0.1) is 0 Å². The Hall–Kier alpha value is -1.68. The molecule has 2 heterocycles. The molecule has 1 aromatic carbocycles. The van der Waals surface area contributed by atoms with Gasteiger partial charge >= 0.3 is 0 Å². The van der Waals surface area contributed by atoms with Gasteiger partial charge in [0.05, 0.1) is 6.61 Å². The van der Waals surface area contributed by atoms with Crippen molar-refractivity contribution in [1.82, 2.24) is 10.1 Å². The molecule has 1 atom stereocenters. The summed E-state index contributed by atoms with van der Waals surface area (Å²) >= 11 is 0. The fourth-order valence-electron chi connectivity index (χ4n) is 2.79. The molecule has 4 heteroatoms. The highest BCUT2D eigenvalue weighted by atomic mass is 16.5. The van der Waals surface area contributed by atoms with Crippen molar-refractivity contribution in [2.24, 2.45) is 0 Å². The second-order valence-electron chi connectivity index (χ2n) is 6.36. The number of hydrogen-bond donors (Lipinski definition) is 0. The fourth-order valence-corrected chi connectivity index (χ4v) is 2.79. The van der Waals surface area contributed by atoms with Crippen molar-refractivity contribution in [1.29, 1.82) is 0 Å². The van der Waals surface area contributed by atoms with Gasteiger partial charge in [-0.25, -0.2) is 0 Å². The van der Waals surface area contributed by atoms with Crippen molar-refractivity contribution in [2.45, 2.75) is 51.4 Å². The molecule has 3 rings (SSSR count). The van der Waals surface area contributed by atoms with E-state index in [0.29, 0.717) is 11.8 Å². The molecule has 1 fully saturated rings. The molecular formula is C18H24N2O2.